The van der Waals surface area contributed by atoms with Gasteiger partial charge in [-0.15, -0.1) is 0 Å². The summed E-state index contributed by atoms with van der Waals surface area (Å²) in [6, 6.07) is 12.4. The highest BCUT2D eigenvalue weighted by Crippen LogP contribution is 2.36. The van der Waals surface area contributed by atoms with Crippen molar-refractivity contribution in [1.29, 1.82) is 0 Å². The largest absolute Gasteiger partial charge is 0.337 e. The van der Waals surface area contributed by atoms with Gasteiger partial charge in [-0.1, -0.05) is 43.3 Å². The molecule has 0 radical (unpaired) electrons. The molecule has 1 unspecified atom stereocenters. The first kappa shape index (κ1) is 20.7. The molecule has 8 heteroatoms. The van der Waals surface area contributed by atoms with Crippen molar-refractivity contribution in [2.45, 2.75) is 44.0 Å². The molecule has 1 fully saturated rings. The summed E-state index contributed by atoms with van der Waals surface area (Å²) >= 11 is 0. The molecule has 1 aliphatic heterocycles. The fourth-order valence-corrected chi connectivity index (χ4v) is 5.45. The summed E-state index contributed by atoms with van der Waals surface area (Å²) in [5, 5.41) is 3.93. The van der Waals surface area contributed by atoms with Gasteiger partial charge in [0, 0.05) is 12.1 Å². The van der Waals surface area contributed by atoms with Crippen LogP contribution in [0.15, 0.2) is 57.9 Å². The van der Waals surface area contributed by atoms with E-state index < -0.39 is 21.9 Å². The number of sulfonamides is 1. The molecule has 4 rings (SSSR count). The van der Waals surface area contributed by atoms with Gasteiger partial charge >= 0.3 is 0 Å². The SMILES string of the molecule is CC(C)Cc1ccc(S(=O)(=O)N2CCCC2c2nc(-c3cccc(F)c3)no2)cc1. The molecule has 2 aromatic carbocycles. The summed E-state index contributed by atoms with van der Waals surface area (Å²) in [7, 11) is -3.70. The Morgan fingerprint density at radius 3 is 2.67 bits per heavy atom. The highest BCUT2D eigenvalue weighted by Gasteiger charge is 2.39. The van der Waals surface area contributed by atoms with Crippen LogP contribution >= 0.6 is 0 Å². The van der Waals surface area contributed by atoms with Crippen LogP contribution in [0.4, 0.5) is 4.39 Å². The predicted octanol–water partition coefficient (Wildman–Crippen LogP) is 4.60. The van der Waals surface area contributed by atoms with E-state index in [1.807, 2.05) is 12.1 Å². The topological polar surface area (TPSA) is 76.3 Å². The molecular formula is C22H24FN3O3S. The molecule has 3 aromatic rings. The average molecular weight is 430 g/mol. The quantitative estimate of drug-likeness (QED) is 0.572. The zero-order valence-corrected chi connectivity index (χ0v) is 17.8. The first-order valence-electron chi connectivity index (χ1n) is 10.0. The first-order valence-corrected chi connectivity index (χ1v) is 11.5. The highest BCUT2D eigenvalue weighted by molar-refractivity contribution is 7.89. The highest BCUT2D eigenvalue weighted by atomic mass is 32.2. The van der Waals surface area contributed by atoms with E-state index in [1.165, 1.54) is 16.4 Å². The van der Waals surface area contributed by atoms with Crippen LogP contribution in [-0.4, -0.2) is 29.4 Å². The van der Waals surface area contributed by atoms with Crippen molar-refractivity contribution in [3.63, 3.8) is 0 Å². The molecule has 0 N–H and O–H groups in total. The normalized spacial score (nSPS) is 17.7. The average Bonchev–Trinajstić information content (AvgIpc) is 3.38. The van der Waals surface area contributed by atoms with E-state index in [1.54, 1.807) is 24.3 Å². The molecule has 2 heterocycles. The molecule has 0 saturated carbocycles. The predicted molar refractivity (Wildman–Crippen MR) is 111 cm³/mol. The van der Waals surface area contributed by atoms with E-state index in [9.17, 15) is 12.8 Å². The van der Waals surface area contributed by atoms with Gasteiger partial charge < -0.3 is 4.52 Å². The molecule has 30 heavy (non-hydrogen) atoms. The lowest BCUT2D eigenvalue weighted by Gasteiger charge is -2.21. The maximum Gasteiger partial charge on any atom is 0.245 e. The van der Waals surface area contributed by atoms with Gasteiger partial charge in [0.2, 0.25) is 21.7 Å². The fourth-order valence-electron chi connectivity index (χ4n) is 3.79. The third-order valence-corrected chi connectivity index (χ3v) is 7.11. The number of benzene rings is 2. The number of rotatable bonds is 6. The Balaban J connectivity index is 1.59. The molecule has 1 aliphatic rings. The van der Waals surface area contributed by atoms with E-state index in [2.05, 4.69) is 24.0 Å². The van der Waals surface area contributed by atoms with Crippen LogP contribution in [0.25, 0.3) is 11.4 Å². The van der Waals surface area contributed by atoms with Gasteiger partial charge in [0.15, 0.2) is 0 Å². The van der Waals surface area contributed by atoms with Crippen LogP contribution in [0, 0.1) is 11.7 Å². The minimum atomic E-state index is -3.70. The summed E-state index contributed by atoms with van der Waals surface area (Å²) in [6.45, 7) is 4.64. The van der Waals surface area contributed by atoms with Crippen molar-refractivity contribution in [3.05, 3.63) is 65.8 Å². The van der Waals surface area contributed by atoms with E-state index in [4.69, 9.17) is 4.52 Å². The second kappa shape index (κ2) is 8.28. The van der Waals surface area contributed by atoms with E-state index in [-0.39, 0.29) is 16.6 Å². The Morgan fingerprint density at radius 1 is 1.20 bits per heavy atom. The molecule has 158 valence electrons. The molecule has 6 nitrogen and oxygen atoms in total. The monoisotopic (exact) mass is 429 g/mol. The minimum absolute atomic E-state index is 0.228. The lowest BCUT2D eigenvalue weighted by molar-refractivity contribution is 0.290. The Hall–Kier alpha value is -2.58. The van der Waals surface area contributed by atoms with Crippen LogP contribution in [0.3, 0.4) is 0 Å². The first-order chi connectivity index (χ1) is 14.3. The fraction of sp³-hybridized carbons (Fsp3) is 0.364. The van der Waals surface area contributed by atoms with E-state index in [0.717, 1.165) is 12.0 Å². The lowest BCUT2D eigenvalue weighted by atomic mass is 10.0. The van der Waals surface area contributed by atoms with E-state index >= 15 is 0 Å². The number of nitrogens with zero attached hydrogens (tertiary/aromatic N) is 3. The number of halogens is 1. The number of aromatic nitrogens is 2. The van der Waals surface area contributed by atoms with Crippen molar-refractivity contribution in [3.8, 4) is 11.4 Å². The molecule has 1 aromatic heterocycles. The second-order valence-electron chi connectivity index (χ2n) is 7.98. The van der Waals surface area contributed by atoms with E-state index in [0.29, 0.717) is 30.9 Å². The molecule has 0 bridgehead atoms. The van der Waals surface area contributed by atoms with Crippen molar-refractivity contribution < 1.29 is 17.3 Å². The zero-order valence-electron chi connectivity index (χ0n) is 17.0. The third kappa shape index (κ3) is 4.15. The van der Waals surface area contributed by atoms with Crippen LogP contribution in [0.1, 0.15) is 44.2 Å². The molecule has 1 atom stereocenters. The van der Waals surface area contributed by atoms with Crippen LogP contribution in [0.2, 0.25) is 0 Å². The van der Waals surface area contributed by atoms with Gasteiger partial charge in [0.05, 0.1) is 4.90 Å². The van der Waals surface area contributed by atoms with Gasteiger partial charge in [0.25, 0.3) is 0 Å². The van der Waals surface area contributed by atoms with Gasteiger partial charge in [-0.3, -0.25) is 0 Å². The minimum Gasteiger partial charge on any atom is -0.337 e. The van der Waals surface area contributed by atoms with Gasteiger partial charge in [0.1, 0.15) is 11.9 Å². The van der Waals surface area contributed by atoms with Gasteiger partial charge in [-0.05, 0) is 55.0 Å². The van der Waals surface area contributed by atoms with Crippen LogP contribution < -0.4 is 0 Å². The summed E-state index contributed by atoms with van der Waals surface area (Å²) in [6.07, 6.45) is 2.19. The molecule has 0 amide bonds. The summed E-state index contributed by atoms with van der Waals surface area (Å²) in [5.41, 5.74) is 1.59. The molecule has 1 saturated heterocycles. The zero-order chi connectivity index (χ0) is 21.3. The molecular weight excluding hydrogens is 405 g/mol. The van der Waals surface area contributed by atoms with Gasteiger partial charge in [-0.25, -0.2) is 12.8 Å². The standard InChI is InChI=1S/C22H24FN3O3S/c1-15(2)13-16-8-10-19(11-9-16)30(27,28)26-12-4-7-20(26)22-24-21(25-29-22)17-5-3-6-18(23)14-17/h3,5-6,8-11,14-15,20H,4,7,12-13H2,1-2H3. The Bertz CT molecular complexity index is 1130. The van der Waals surface area contributed by atoms with Crippen LogP contribution in [0.5, 0.6) is 0 Å². The van der Waals surface area contributed by atoms with Crippen molar-refractivity contribution in [2.75, 3.05) is 6.54 Å². The maximum atomic E-state index is 13.5. The maximum absolute atomic E-state index is 13.5. The summed E-state index contributed by atoms with van der Waals surface area (Å²) < 4.78 is 46.8. The summed E-state index contributed by atoms with van der Waals surface area (Å²) in [4.78, 5) is 4.61. The molecule has 0 spiro atoms. The lowest BCUT2D eigenvalue weighted by Crippen LogP contribution is -2.30. The molecule has 0 aliphatic carbocycles. The van der Waals surface area contributed by atoms with Crippen LogP contribution in [-0.2, 0) is 16.4 Å². The van der Waals surface area contributed by atoms with Crippen molar-refractivity contribution >= 4 is 10.0 Å². The second-order valence-corrected chi connectivity index (χ2v) is 9.87. The van der Waals surface area contributed by atoms with Crippen molar-refractivity contribution in [2.24, 2.45) is 5.92 Å². The Morgan fingerprint density at radius 2 is 1.97 bits per heavy atom. The Kier molecular flexibility index (Phi) is 5.71. The number of hydrogen-bond acceptors (Lipinski definition) is 5. The Labute approximate surface area is 175 Å². The number of hydrogen-bond donors (Lipinski definition) is 0. The van der Waals surface area contributed by atoms with Crippen molar-refractivity contribution in [1.82, 2.24) is 14.4 Å². The van der Waals surface area contributed by atoms with Gasteiger partial charge in [-0.2, -0.15) is 9.29 Å². The smallest absolute Gasteiger partial charge is 0.245 e. The third-order valence-electron chi connectivity index (χ3n) is 5.19. The summed E-state index contributed by atoms with van der Waals surface area (Å²) in [5.74, 6) is 0.573.